The third-order valence-electron chi connectivity index (χ3n) is 4.89. The van der Waals surface area contributed by atoms with Crippen molar-refractivity contribution >= 4 is 11.7 Å². The van der Waals surface area contributed by atoms with E-state index in [4.69, 9.17) is 9.47 Å². The van der Waals surface area contributed by atoms with Gasteiger partial charge in [0.25, 0.3) is 0 Å². The number of likely N-dealkylation sites (tertiary alicyclic amines) is 1. The van der Waals surface area contributed by atoms with Crippen molar-refractivity contribution in [2.45, 2.75) is 18.9 Å². The van der Waals surface area contributed by atoms with Gasteiger partial charge in [0.05, 0.1) is 25.9 Å². The summed E-state index contributed by atoms with van der Waals surface area (Å²) >= 11 is 0. The maximum Gasteiger partial charge on any atom is 0.319 e. The van der Waals surface area contributed by atoms with Crippen LogP contribution < -0.4 is 20.1 Å². The number of urea groups is 1. The number of benzene rings is 2. The van der Waals surface area contributed by atoms with Gasteiger partial charge in [0.15, 0.2) is 0 Å². The standard InChI is InChI=1S/C21H27N3O3/c1-26-19-11-5-3-9-16(19)18(24-13-7-8-14-24)15-22-21(25)23-17-10-4-6-12-20(17)27-2/h3-6,9-12,18H,7-8,13-15H2,1-2H3,(H2,22,23,25)/t18-/m1/s1. The zero-order valence-corrected chi connectivity index (χ0v) is 15.9. The molecule has 1 atom stereocenters. The highest BCUT2D eigenvalue weighted by Crippen LogP contribution is 2.31. The molecule has 27 heavy (non-hydrogen) atoms. The molecular weight excluding hydrogens is 342 g/mol. The van der Waals surface area contributed by atoms with Crippen molar-refractivity contribution in [3.8, 4) is 11.5 Å². The summed E-state index contributed by atoms with van der Waals surface area (Å²) in [5.41, 5.74) is 1.74. The topological polar surface area (TPSA) is 62.8 Å². The molecule has 6 heteroatoms. The average Bonchev–Trinajstić information content (AvgIpc) is 3.23. The summed E-state index contributed by atoms with van der Waals surface area (Å²) in [4.78, 5) is 14.9. The highest BCUT2D eigenvalue weighted by atomic mass is 16.5. The fourth-order valence-electron chi connectivity index (χ4n) is 3.53. The van der Waals surface area contributed by atoms with Crippen molar-refractivity contribution in [1.29, 1.82) is 0 Å². The summed E-state index contributed by atoms with van der Waals surface area (Å²) in [5, 5.41) is 5.87. The molecule has 0 spiro atoms. The Morgan fingerprint density at radius 1 is 1.00 bits per heavy atom. The van der Waals surface area contributed by atoms with E-state index < -0.39 is 0 Å². The van der Waals surface area contributed by atoms with Crippen LogP contribution in [0.25, 0.3) is 0 Å². The second-order valence-corrected chi connectivity index (χ2v) is 6.54. The predicted molar refractivity (Wildman–Crippen MR) is 107 cm³/mol. The molecule has 2 aromatic carbocycles. The van der Waals surface area contributed by atoms with Crippen LogP contribution in [0.4, 0.5) is 10.5 Å². The van der Waals surface area contributed by atoms with Crippen LogP contribution in [-0.4, -0.2) is 44.8 Å². The van der Waals surface area contributed by atoms with Crippen molar-refractivity contribution in [2.75, 3.05) is 39.2 Å². The summed E-state index contributed by atoms with van der Waals surface area (Å²) in [6.45, 7) is 2.55. The number of hydrogen-bond donors (Lipinski definition) is 2. The largest absolute Gasteiger partial charge is 0.496 e. The number of amides is 2. The van der Waals surface area contributed by atoms with Gasteiger partial charge in [-0.3, -0.25) is 4.90 Å². The molecule has 1 heterocycles. The molecule has 3 rings (SSSR count). The smallest absolute Gasteiger partial charge is 0.319 e. The minimum Gasteiger partial charge on any atom is -0.496 e. The summed E-state index contributed by atoms with van der Waals surface area (Å²) in [6, 6.07) is 15.2. The van der Waals surface area contributed by atoms with Gasteiger partial charge in [0.1, 0.15) is 11.5 Å². The first-order chi connectivity index (χ1) is 13.2. The van der Waals surface area contributed by atoms with E-state index in [0.29, 0.717) is 18.0 Å². The van der Waals surface area contributed by atoms with Crippen LogP contribution in [0.15, 0.2) is 48.5 Å². The number of para-hydroxylation sites is 3. The first kappa shape index (κ1) is 19.0. The zero-order chi connectivity index (χ0) is 19.1. The highest BCUT2D eigenvalue weighted by Gasteiger charge is 2.26. The number of hydrogen-bond acceptors (Lipinski definition) is 4. The van der Waals surface area contributed by atoms with Crippen LogP contribution in [0.1, 0.15) is 24.4 Å². The van der Waals surface area contributed by atoms with Gasteiger partial charge in [-0.25, -0.2) is 4.79 Å². The van der Waals surface area contributed by atoms with Crippen LogP contribution in [0, 0.1) is 0 Å². The zero-order valence-electron chi connectivity index (χ0n) is 15.9. The van der Waals surface area contributed by atoms with E-state index in [1.807, 2.05) is 42.5 Å². The molecule has 1 aliphatic rings. The number of rotatable bonds is 7. The first-order valence-electron chi connectivity index (χ1n) is 9.27. The third kappa shape index (κ3) is 4.71. The lowest BCUT2D eigenvalue weighted by molar-refractivity contribution is 0.224. The van der Waals surface area contributed by atoms with Crippen LogP contribution in [0.2, 0.25) is 0 Å². The van der Waals surface area contributed by atoms with Crippen LogP contribution in [0.3, 0.4) is 0 Å². The number of ether oxygens (including phenoxy) is 2. The van der Waals surface area contributed by atoms with E-state index in [1.165, 1.54) is 12.8 Å². The van der Waals surface area contributed by atoms with Crippen LogP contribution >= 0.6 is 0 Å². The monoisotopic (exact) mass is 369 g/mol. The van der Waals surface area contributed by atoms with Crippen molar-refractivity contribution in [2.24, 2.45) is 0 Å². The molecule has 0 bridgehead atoms. The molecule has 2 aromatic rings. The Hall–Kier alpha value is -2.73. The Bertz CT molecular complexity index is 760. The molecule has 0 aromatic heterocycles. The van der Waals surface area contributed by atoms with E-state index in [1.54, 1.807) is 14.2 Å². The van der Waals surface area contributed by atoms with Crippen molar-refractivity contribution in [1.82, 2.24) is 10.2 Å². The Morgan fingerprint density at radius 3 is 2.33 bits per heavy atom. The first-order valence-corrected chi connectivity index (χ1v) is 9.27. The number of carbonyl (C=O) groups excluding carboxylic acids is 1. The second-order valence-electron chi connectivity index (χ2n) is 6.54. The third-order valence-corrected chi connectivity index (χ3v) is 4.89. The number of nitrogens with one attached hydrogen (secondary N) is 2. The number of carbonyl (C=O) groups is 1. The maximum absolute atomic E-state index is 12.5. The van der Waals surface area contributed by atoms with Gasteiger partial charge in [-0.05, 0) is 44.1 Å². The molecule has 1 aliphatic heterocycles. The van der Waals surface area contributed by atoms with Crippen molar-refractivity contribution < 1.29 is 14.3 Å². The number of nitrogens with zero attached hydrogens (tertiary/aromatic N) is 1. The van der Waals surface area contributed by atoms with Gasteiger partial charge in [-0.15, -0.1) is 0 Å². The average molecular weight is 369 g/mol. The minimum atomic E-state index is -0.251. The fraction of sp³-hybridized carbons (Fsp3) is 0.381. The van der Waals surface area contributed by atoms with E-state index >= 15 is 0 Å². The lowest BCUT2D eigenvalue weighted by Gasteiger charge is -2.29. The number of methoxy groups -OCH3 is 2. The highest BCUT2D eigenvalue weighted by molar-refractivity contribution is 5.90. The maximum atomic E-state index is 12.5. The fourth-order valence-corrected chi connectivity index (χ4v) is 3.53. The molecule has 6 nitrogen and oxygen atoms in total. The normalized spacial score (nSPS) is 15.2. The molecule has 1 fully saturated rings. The lowest BCUT2D eigenvalue weighted by atomic mass is 10.0. The van der Waals surface area contributed by atoms with Gasteiger partial charge >= 0.3 is 6.03 Å². The van der Waals surface area contributed by atoms with E-state index in [0.717, 1.165) is 24.4 Å². The van der Waals surface area contributed by atoms with Crippen molar-refractivity contribution in [3.63, 3.8) is 0 Å². The summed E-state index contributed by atoms with van der Waals surface area (Å²) < 4.78 is 10.8. The SMILES string of the molecule is COc1ccccc1NC(=O)NC[C@H](c1ccccc1OC)N1CCCC1. The van der Waals surface area contributed by atoms with Gasteiger partial charge in [0, 0.05) is 12.1 Å². The van der Waals surface area contributed by atoms with E-state index in [9.17, 15) is 4.79 Å². The van der Waals surface area contributed by atoms with Crippen LogP contribution in [0.5, 0.6) is 11.5 Å². The van der Waals surface area contributed by atoms with Gasteiger partial charge in [-0.2, -0.15) is 0 Å². The Labute approximate surface area is 160 Å². The molecule has 2 amide bonds. The molecule has 2 N–H and O–H groups in total. The summed E-state index contributed by atoms with van der Waals surface area (Å²) in [7, 11) is 3.27. The Morgan fingerprint density at radius 2 is 1.63 bits per heavy atom. The molecule has 144 valence electrons. The van der Waals surface area contributed by atoms with Gasteiger partial charge in [0.2, 0.25) is 0 Å². The van der Waals surface area contributed by atoms with Crippen LogP contribution in [-0.2, 0) is 0 Å². The van der Waals surface area contributed by atoms with Crippen molar-refractivity contribution in [3.05, 3.63) is 54.1 Å². The summed E-state index contributed by atoms with van der Waals surface area (Å²) in [5.74, 6) is 1.48. The van der Waals surface area contributed by atoms with E-state index in [2.05, 4.69) is 21.6 Å². The van der Waals surface area contributed by atoms with Gasteiger partial charge < -0.3 is 20.1 Å². The number of anilines is 1. The molecule has 0 unspecified atom stereocenters. The quantitative estimate of drug-likeness (QED) is 0.782. The second kappa shape index (κ2) is 9.28. The molecule has 0 aliphatic carbocycles. The minimum absolute atomic E-state index is 0.0760. The molecule has 1 saturated heterocycles. The van der Waals surface area contributed by atoms with Gasteiger partial charge in [-0.1, -0.05) is 30.3 Å². The lowest BCUT2D eigenvalue weighted by Crippen LogP contribution is -2.38. The Kier molecular flexibility index (Phi) is 6.54. The Balaban J connectivity index is 1.70. The molecule has 0 saturated carbocycles. The summed E-state index contributed by atoms with van der Waals surface area (Å²) in [6.07, 6.45) is 2.36. The predicted octanol–water partition coefficient (Wildman–Crippen LogP) is 3.66. The molecule has 0 radical (unpaired) electrons. The van der Waals surface area contributed by atoms with E-state index in [-0.39, 0.29) is 12.1 Å². The molecular formula is C21H27N3O3.